The standard InChI is InChI=1S/C12H15ClN4O2/c1-19-10-5-9(14)8(13)4-7(10)12(18)17-6-11-15-2-3-16-11/h4-5H,2-3,6,14H2,1H3,(H,15,16)(H,17,18). The van der Waals surface area contributed by atoms with E-state index in [9.17, 15) is 4.79 Å². The smallest absolute Gasteiger partial charge is 0.255 e. The summed E-state index contributed by atoms with van der Waals surface area (Å²) in [7, 11) is 1.47. The highest BCUT2D eigenvalue weighted by Crippen LogP contribution is 2.28. The number of halogens is 1. The van der Waals surface area contributed by atoms with E-state index in [1.165, 1.54) is 19.2 Å². The van der Waals surface area contributed by atoms with Crippen LogP contribution < -0.4 is 21.1 Å². The Morgan fingerprint density at radius 3 is 3.05 bits per heavy atom. The average molecular weight is 283 g/mol. The summed E-state index contributed by atoms with van der Waals surface area (Å²) in [5.41, 5.74) is 6.39. The number of amidine groups is 1. The first-order chi connectivity index (χ1) is 9.11. The Morgan fingerprint density at radius 2 is 2.42 bits per heavy atom. The van der Waals surface area contributed by atoms with E-state index in [1.54, 1.807) is 0 Å². The maximum absolute atomic E-state index is 12.1. The summed E-state index contributed by atoms with van der Waals surface area (Å²) in [4.78, 5) is 16.3. The minimum absolute atomic E-state index is 0.282. The van der Waals surface area contributed by atoms with Gasteiger partial charge in [-0.15, -0.1) is 0 Å². The summed E-state index contributed by atoms with van der Waals surface area (Å²) in [6.07, 6.45) is 0. The van der Waals surface area contributed by atoms with E-state index in [4.69, 9.17) is 22.1 Å². The summed E-state index contributed by atoms with van der Waals surface area (Å²) in [6.45, 7) is 1.90. The topological polar surface area (TPSA) is 88.7 Å². The Kier molecular flexibility index (Phi) is 4.11. The van der Waals surface area contributed by atoms with Crippen LogP contribution in [-0.2, 0) is 0 Å². The molecule has 4 N–H and O–H groups in total. The number of benzene rings is 1. The number of amides is 1. The van der Waals surface area contributed by atoms with Gasteiger partial charge in [-0.05, 0) is 6.07 Å². The molecule has 0 saturated carbocycles. The number of aliphatic imine (C=N–C) groups is 1. The van der Waals surface area contributed by atoms with Gasteiger partial charge in [-0.1, -0.05) is 11.6 Å². The van der Waals surface area contributed by atoms with Crippen molar-refractivity contribution in [1.82, 2.24) is 10.6 Å². The van der Waals surface area contributed by atoms with Crippen LogP contribution in [0.4, 0.5) is 5.69 Å². The van der Waals surface area contributed by atoms with E-state index in [0.29, 0.717) is 28.6 Å². The van der Waals surface area contributed by atoms with Crippen LogP contribution in [0.1, 0.15) is 10.4 Å². The Labute approximate surface area is 116 Å². The zero-order valence-corrected chi connectivity index (χ0v) is 11.3. The Morgan fingerprint density at radius 1 is 1.63 bits per heavy atom. The molecule has 1 aliphatic heterocycles. The summed E-state index contributed by atoms with van der Waals surface area (Å²) >= 11 is 5.92. The van der Waals surface area contributed by atoms with Gasteiger partial charge in [0.1, 0.15) is 11.6 Å². The fourth-order valence-corrected chi connectivity index (χ4v) is 1.90. The molecule has 2 rings (SSSR count). The van der Waals surface area contributed by atoms with Crippen molar-refractivity contribution in [1.29, 1.82) is 0 Å². The number of nitrogen functional groups attached to an aromatic ring is 1. The monoisotopic (exact) mass is 282 g/mol. The molecule has 1 heterocycles. The third-order valence-corrected chi connectivity index (χ3v) is 3.05. The summed E-state index contributed by atoms with van der Waals surface area (Å²) in [5.74, 6) is 0.879. The zero-order valence-electron chi connectivity index (χ0n) is 10.5. The molecule has 6 nitrogen and oxygen atoms in total. The van der Waals surface area contributed by atoms with Gasteiger partial charge in [0.25, 0.3) is 5.91 Å². The molecule has 0 radical (unpaired) electrons. The molecule has 0 atom stereocenters. The predicted molar refractivity (Wildman–Crippen MR) is 75.1 cm³/mol. The van der Waals surface area contributed by atoms with Crippen molar-refractivity contribution in [3.8, 4) is 5.75 Å². The molecule has 1 amide bonds. The van der Waals surface area contributed by atoms with E-state index >= 15 is 0 Å². The predicted octanol–water partition coefficient (Wildman–Crippen LogP) is 0.662. The molecule has 0 fully saturated rings. The van der Waals surface area contributed by atoms with Crippen LogP contribution in [0.2, 0.25) is 5.02 Å². The van der Waals surface area contributed by atoms with Crippen molar-refractivity contribution in [3.63, 3.8) is 0 Å². The van der Waals surface area contributed by atoms with Crippen LogP contribution in [0.25, 0.3) is 0 Å². The molecule has 1 aromatic carbocycles. The second-order valence-electron chi connectivity index (χ2n) is 4.01. The number of methoxy groups -OCH3 is 1. The molecule has 1 aliphatic rings. The van der Waals surface area contributed by atoms with Gasteiger partial charge in [0.2, 0.25) is 0 Å². The highest BCUT2D eigenvalue weighted by atomic mass is 35.5. The van der Waals surface area contributed by atoms with Crippen LogP contribution in [0.3, 0.4) is 0 Å². The van der Waals surface area contributed by atoms with Crippen molar-refractivity contribution in [2.75, 3.05) is 32.5 Å². The number of hydrogen-bond donors (Lipinski definition) is 3. The van der Waals surface area contributed by atoms with Gasteiger partial charge in [-0.25, -0.2) is 0 Å². The Bertz CT molecular complexity index is 531. The lowest BCUT2D eigenvalue weighted by atomic mass is 10.1. The number of nitrogens with zero attached hydrogens (tertiary/aromatic N) is 1. The van der Waals surface area contributed by atoms with Gasteiger partial charge >= 0.3 is 0 Å². The number of nitrogens with two attached hydrogens (primary N) is 1. The second-order valence-corrected chi connectivity index (χ2v) is 4.42. The molecule has 102 valence electrons. The molecular weight excluding hydrogens is 268 g/mol. The number of carbonyl (C=O) groups is 1. The average Bonchev–Trinajstić information content (AvgIpc) is 2.91. The van der Waals surface area contributed by atoms with E-state index in [2.05, 4.69) is 15.6 Å². The number of rotatable bonds is 4. The highest BCUT2D eigenvalue weighted by Gasteiger charge is 2.15. The minimum Gasteiger partial charge on any atom is -0.496 e. The number of anilines is 1. The van der Waals surface area contributed by atoms with Gasteiger partial charge < -0.3 is 21.1 Å². The third kappa shape index (κ3) is 3.08. The maximum atomic E-state index is 12.1. The molecule has 0 unspecified atom stereocenters. The highest BCUT2D eigenvalue weighted by molar-refractivity contribution is 6.33. The Balaban J connectivity index is 2.11. The summed E-state index contributed by atoms with van der Waals surface area (Å²) in [5, 5.41) is 6.14. The molecule has 0 spiro atoms. The minimum atomic E-state index is -0.282. The first-order valence-electron chi connectivity index (χ1n) is 5.80. The molecule has 7 heteroatoms. The van der Waals surface area contributed by atoms with Gasteiger partial charge in [-0.3, -0.25) is 9.79 Å². The van der Waals surface area contributed by atoms with E-state index < -0.39 is 0 Å². The zero-order chi connectivity index (χ0) is 13.8. The van der Waals surface area contributed by atoms with Gasteiger partial charge in [0, 0.05) is 12.6 Å². The first-order valence-corrected chi connectivity index (χ1v) is 6.18. The number of ether oxygens (including phenoxy) is 1. The largest absolute Gasteiger partial charge is 0.496 e. The SMILES string of the molecule is COc1cc(N)c(Cl)cc1C(=O)NCC1=NCCN1. The maximum Gasteiger partial charge on any atom is 0.255 e. The normalized spacial score (nSPS) is 13.7. The number of carbonyl (C=O) groups excluding carboxylic acids is 1. The summed E-state index contributed by atoms with van der Waals surface area (Å²) in [6, 6.07) is 3.03. The molecule has 0 aromatic heterocycles. The molecule has 0 saturated heterocycles. The fraction of sp³-hybridized carbons (Fsp3) is 0.333. The van der Waals surface area contributed by atoms with Crippen LogP contribution in [-0.4, -0.2) is 38.5 Å². The second kappa shape index (κ2) is 5.79. The Hall–Kier alpha value is -1.95. The first kappa shape index (κ1) is 13.5. The van der Waals surface area contributed by atoms with Crippen molar-refractivity contribution >= 4 is 29.0 Å². The van der Waals surface area contributed by atoms with Crippen LogP contribution in [0, 0.1) is 0 Å². The lowest BCUT2D eigenvalue weighted by molar-refractivity contribution is 0.0956. The molecule has 0 bridgehead atoms. The van der Waals surface area contributed by atoms with Gasteiger partial charge in [-0.2, -0.15) is 0 Å². The van der Waals surface area contributed by atoms with Crippen molar-refractivity contribution in [2.24, 2.45) is 4.99 Å². The van der Waals surface area contributed by atoms with Crippen molar-refractivity contribution < 1.29 is 9.53 Å². The number of hydrogen-bond acceptors (Lipinski definition) is 5. The van der Waals surface area contributed by atoms with Crippen LogP contribution in [0.15, 0.2) is 17.1 Å². The summed E-state index contributed by atoms with van der Waals surface area (Å²) < 4.78 is 5.13. The molecule has 1 aromatic rings. The molecule has 19 heavy (non-hydrogen) atoms. The van der Waals surface area contributed by atoms with Crippen LogP contribution >= 0.6 is 11.6 Å². The van der Waals surface area contributed by atoms with E-state index in [0.717, 1.165) is 18.9 Å². The lowest BCUT2D eigenvalue weighted by Gasteiger charge is -2.11. The number of nitrogens with one attached hydrogen (secondary N) is 2. The fourth-order valence-electron chi connectivity index (χ4n) is 1.74. The third-order valence-electron chi connectivity index (χ3n) is 2.72. The van der Waals surface area contributed by atoms with Gasteiger partial charge in [0.15, 0.2) is 0 Å². The van der Waals surface area contributed by atoms with E-state index in [1.807, 2.05) is 0 Å². The van der Waals surface area contributed by atoms with Crippen LogP contribution in [0.5, 0.6) is 5.75 Å². The quantitative estimate of drug-likeness (QED) is 0.708. The molecule has 0 aliphatic carbocycles. The van der Waals surface area contributed by atoms with Crippen molar-refractivity contribution in [2.45, 2.75) is 0 Å². The van der Waals surface area contributed by atoms with Crippen molar-refractivity contribution in [3.05, 3.63) is 22.7 Å². The lowest BCUT2D eigenvalue weighted by Crippen LogP contribution is -2.35. The van der Waals surface area contributed by atoms with E-state index in [-0.39, 0.29) is 5.91 Å². The molecular formula is C12H15ClN4O2. The van der Waals surface area contributed by atoms with Gasteiger partial charge in [0.05, 0.1) is 36.5 Å².